The first kappa shape index (κ1) is 24.1. The van der Waals surface area contributed by atoms with Crippen LogP contribution in [0.15, 0.2) is 67.0 Å². The number of amides is 2. The summed E-state index contributed by atoms with van der Waals surface area (Å²) in [6.07, 6.45) is 7.22. The first-order chi connectivity index (χ1) is 17.6. The zero-order valence-corrected chi connectivity index (χ0v) is 20.9. The number of nitrogens with zero attached hydrogens (tertiary/aromatic N) is 3. The van der Waals surface area contributed by atoms with Crippen molar-refractivity contribution in [3.8, 4) is 5.75 Å². The highest BCUT2D eigenvalue weighted by molar-refractivity contribution is 5.87. The van der Waals surface area contributed by atoms with Crippen molar-refractivity contribution in [1.29, 1.82) is 0 Å². The van der Waals surface area contributed by atoms with Crippen LogP contribution < -0.4 is 4.74 Å². The van der Waals surface area contributed by atoms with Crippen molar-refractivity contribution in [2.45, 2.75) is 44.6 Å². The van der Waals surface area contributed by atoms with Gasteiger partial charge in [-0.05, 0) is 54.5 Å². The lowest BCUT2D eigenvalue weighted by Crippen LogP contribution is -2.48. The number of aryl methyl sites for hydroxylation is 1. The van der Waals surface area contributed by atoms with Gasteiger partial charge in [0.1, 0.15) is 5.75 Å². The SMILES string of the molecule is COc1cccc([C@H]2CN(Cc3ccccc3)C(=O)C23CCN(C(=O)CCCc2cn[nH]c2)CC3)c1. The molecule has 2 aliphatic rings. The largest absolute Gasteiger partial charge is 0.497 e. The third-order valence-electron chi connectivity index (χ3n) is 7.91. The van der Waals surface area contributed by atoms with E-state index in [-0.39, 0.29) is 17.7 Å². The summed E-state index contributed by atoms with van der Waals surface area (Å²) in [7, 11) is 1.67. The second kappa shape index (κ2) is 10.6. The number of carbonyl (C=O) groups is 2. The molecule has 188 valence electrons. The molecule has 0 unspecified atom stereocenters. The Labute approximate surface area is 212 Å². The number of methoxy groups -OCH3 is 1. The summed E-state index contributed by atoms with van der Waals surface area (Å²) in [5, 5.41) is 6.79. The number of aromatic amines is 1. The van der Waals surface area contributed by atoms with Crippen molar-refractivity contribution in [3.05, 3.63) is 83.7 Å². The van der Waals surface area contributed by atoms with Crippen LogP contribution in [0.3, 0.4) is 0 Å². The smallest absolute Gasteiger partial charge is 0.229 e. The van der Waals surface area contributed by atoms with Gasteiger partial charge in [-0.1, -0.05) is 42.5 Å². The van der Waals surface area contributed by atoms with E-state index < -0.39 is 5.41 Å². The molecular weight excluding hydrogens is 452 g/mol. The predicted molar refractivity (Wildman–Crippen MR) is 137 cm³/mol. The molecule has 1 N–H and O–H groups in total. The fraction of sp³-hybridized carbons (Fsp3) is 0.414. The minimum Gasteiger partial charge on any atom is -0.497 e. The molecule has 1 spiro atoms. The highest BCUT2D eigenvalue weighted by Gasteiger charge is 2.55. The topological polar surface area (TPSA) is 78.5 Å². The number of piperidine rings is 1. The number of rotatable bonds is 8. The maximum absolute atomic E-state index is 14.0. The molecule has 2 aliphatic heterocycles. The Morgan fingerprint density at radius 1 is 1.11 bits per heavy atom. The fourth-order valence-corrected chi connectivity index (χ4v) is 5.90. The summed E-state index contributed by atoms with van der Waals surface area (Å²) in [6, 6.07) is 18.3. The molecule has 3 aromatic rings. The monoisotopic (exact) mass is 486 g/mol. The highest BCUT2D eigenvalue weighted by atomic mass is 16.5. The molecule has 1 aromatic heterocycles. The Morgan fingerprint density at radius 2 is 1.92 bits per heavy atom. The van der Waals surface area contributed by atoms with Crippen molar-refractivity contribution >= 4 is 11.8 Å². The van der Waals surface area contributed by atoms with Crippen LogP contribution in [0.2, 0.25) is 0 Å². The van der Waals surface area contributed by atoms with E-state index in [2.05, 4.69) is 34.5 Å². The molecule has 0 saturated carbocycles. The molecule has 36 heavy (non-hydrogen) atoms. The van der Waals surface area contributed by atoms with Gasteiger partial charge in [0, 0.05) is 44.7 Å². The van der Waals surface area contributed by atoms with Crippen LogP contribution in [-0.4, -0.2) is 58.6 Å². The number of nitrogens with one attached hydrogen (secondary N) is 1. The van der Waals surface area contributed by atoms with Crippen molar-refractivity contribution in [1.82, 2.24) is 20.0 Å². The standard InChI is InChI=1S/C29H34N4O3/c1-36-25-11-6-10-24(17-25)26-21-33(20-22-7-3-2-4-8-22)28(35)29(26)13-15-32(16-14-29)27(34)12-5-9-23-18-30-31-19-23/h2-4,6-8,10-11,17-19,26H,5,9,12-16,20-21H2,1H3,(H,30,31)/t26-/m1/s1. The van der Waals surface area contributed by atoms with Crippen molar-refractivity contribution in [3.63, 3.8) is 0 Å². The number of hydrogen-bond acceptors (Lipinski definition) is 4. The van der Waals surface area contributed by atoms with Gasteiger partial charge in [0.05, 0.1) is 18.7 Å². The number of carbonyl (C=O) groups excluding carboxylic acids is 2. The average Bonchev–Trinajstić information content (AvgIpc) is 3.53. The van der Waals surface area contributed by atoms with Crippen molar-refractivity contribution in [2.24, 2.45) is 5.41 Å². The molecule has 2 aromatic carbocycles. The quantitative estimate of drug-likeness (QED) is 0.518. The number of H-pyrrole nitrogens is 1. The Balaban J connectivity index is 1.31. The number of hydrogen-bond donors (Lipinski definition) is 1. The van der Waals surface area contributed by atoms with Crippen molar-refractivity contribution < 1.29 is 14.3 Å². The van der Waals surface area contributed by atoms with Gasteiger partial charge >= 0.3 is 0 Å². The number of aromatic nitrogens is 2. The molecule has 2 amide bonds. The minimum absolute atomic E-state index is 0.0714. The number of likely N-dealkylation sites (tertiary alicyclic amines) is 2. The first-order valence-electron chi connectivity index (χ1n) is 12.8. The lowest BCUT2D eigenvalue weighted by molar-refractivity contribution is -0.143. The fourth-order valence-electron chi connectivity index (χ4n) is 5.90. The lowest BCUT2D eigenvalue weighted by Gasteiger charge is -2.41. The Hall–Kier alpha value is -3.61. The summed E-state index contributed by atoms with van der Waals surface area (Å²) in [5.41, 5.74) is 2.90. The molecule has 7 nitrogen and oxygen atoms in total. The van der Waals surface area contributed by atoms with Crippen LogP contribution in [0, 0.1) is 5.41 Å². The van der Waals surface area contributed by atoms with Gasteiger partial charge < -0.3 is 14.5 Å². The molecule has 3 heterocycles. The summed E-state index contributed by atoms with van der Waals surface area (Å²) in [6.45, 7) is 2.53. The summed E-state index contributed by atoms with van der Waals surface area (Å²) in [5.74, 6) is 1.27. The molecule has 5 rings (SSSR count). The second-order valence-corrected chi connectivity index (χ2v) is 10.00. The Bertz CT molecular complexity index is 1170. The molecule has 0 radical (unpaired) electrons. The van der Waals surface area contributed by atoms with Gasteiger partial charge in [0.15, 0.2) is 0 Å². The summed E-state index contributed by atoms with van der Waals surface area (Å²) < 4.78 is 5.50. The van der Waals surface area contributed by atoms with Crippen LogP contribution in [-0.2, 0) is 22.6 Å². The van der Waals surface area contributed by atoms with Gasteiger partial charge in [0.25, 0.3) is 0 Å². The van der Waals surface area contributed by atoms with Crippen LogP contribution in [0.1, 0.15) is 48.3 Å². The normalized spacial score (nSPS) is 19.1. The zero-order valence-electron chi connectivity index (χ0n) is 20.9. The summed E-state index contributed by atoms with van der Waals surface area (Å²) in [4.78, 5) is 30.9. The highest BCUT2D eigenvalue weighted by Crippen LogP contribution is 2.51. The van der Waals surface area contributed by atoms with Gasteiger partial charge in [0.2, 0.25) is 11.8 Å². The first-order valence-corrected chi connectivity index (χ1v) is 12.8. The third-order valence-corrected chi connectivity index (χ3v) is 7.91. The Morgan fingerprint density at radius 3 is 2.64 bits per heavy atom. The molecule has 0 aliphatic carbocycles. The molecule has 0 bridgehead atoms. The number of benzene rings is 2. The lowest BCUT2D eigenvalue weighted by atomic mass is 9.68. The molecule has 1 atom stereocenters. The molecular formula is C29H34N4O3. The molecule has 2 saturated heterocycles. The second-order valence-electron chi connectivity index (χ2n) is 10.00. The van der Waals surface area contributed by atoms with E-state index in [4.69, 9.17) is 4.74 Å². The van der Waals surface area contributed by atoms with Crippen molar-refractivity contribution in [2.75, 3.05) is 26.7 Å². The van der Waals surface area contributed by atoms with E-state index in [1.54, 1.807) is 13.3 Å². The zero-order chi connectivity index (χ0) is 25.0. The maximum atomic E-state index is 14.0. The number of ether oxygens (including phenoxy) is 1. The molecule has 7 heteroatoms. The van der Waals surface area contributed by atoms with Gasteiger partial charge in [-0.25, -0.2) is 0 Å². The predicted octanol–water partition coefficient (Wildman–Crippen LogP) is 4.18. The van der Waals surface area contributed by atoms with Crippen LogP contribution in [0.25, 0.3) is 0 Å². The minimum atomic E-state index is -0.491. The Kier molecular flexibility index (Phi) is 7.07. The van der Waals surface area contributed by atoms with Gasteiger partial charge in [-0.3, -0.25) is 14.7 Å². The van der Waals surface area contributed by atoms with Crippen LogP contribution in [0.4, 0.5) is 0 Å². The maximum Gasteiger partial charge on any atom is 0.229 e. The van der Waals surface area contributed by atoms with E-state index in [0.29, 0.717) is 45.4 Å². The molecule has 2 fully saturated rings. The van der Waals surface area contributed by atoms with E-state index in [0.717, 1.165) is 35.3 Å². The average molecular weight is 487 g/mol. The van der Waals surface area contributed by atoms with Gasteiger partial charge in [-0.15, -0.1) is 0 Å². The van der Waals surface area contributed by atoms with E-state index in [1.165, 1.54) is 0 Å². The van der Waals surface area contributed by atoms with Crippen LogP contribution in [0.5, 0.6) is 5.75 Å². The summed E-state index contributed by atoms with van der Waals surface area (Å²) >= 11 is 0. The van der Waals surface area contributed by atoms with Gasteiger partial charge in [-0.2, -0.15) is 5.10 Å². The van der Waals surface area contributed by atoms with Crippen LogP contribution >= 0.6 is 0 Å². The van der Waals surface area contributed by atoms with E-state index in [9.17, 15) is 9.59 Å². The third kappa shape index (κ3) is 4.87. The van der Waals surface area contributed by atoms with E-state index >= 15 is 0 Å². The van der Waals surface area contributed by atoms with E-state index in [1.807, 2.05) is 46.3 Å².